The molecule has 0 radical (unpaired) electrons. The van der Waals surface area contributed by atoms with Gasteiger partial charge in [0.05, 0.1) is 11.1 Å². The van der Waals surface area contributed by atoms with E-state index in [0.29, 0.717) is 31.0 Å². The van der Waals surface area contributed by atoms with Crippen molar-refractivity contribution in [1.82, 2.24) is 20.4 Å². The van der Waals surface area contributed by atoms with Gasteiger partial charge in [-0.3, -0.25) is 4.79 Å². The number of nitrogens with one attached hydrogen (secondary N) is 1. The Morgan fingerprint density at radius 3 is 2.65 bits per heavy atom. The van der Waals surface area contributed by atoms with Crippen LogP contribution < -0.4 is 10.2 Å². The van der Waals surface area contributed by atoms with Crippen molar-refractivity contribution in [3.63, 3.8) is 0 Å². The SMILES string of the molecule is CCC(=O)NC1CCN(c2ccc3cc(-c4noc(CCc5ccc(C(F)(F)F)cc5)n4)ccc3n2)C1. The van der Waals surface area contributed by atoms with Gasteiger partial charge in [0.25, 0.3) is 0 Å². The molecule has 1 unspecified atom stereocenters. The van der Waals surface area contributed by atoms with Gasteiger partial charge in [0.2, 0.25) is 17.6 Å². The topological polar surface area (TPSA) is 84.2 Å². The van der Waals surface area contributed by atoms with E-state index in [0.717, 1.165) is 59.5 Å². The molecule has 4 aromatic rings. The molecule has 1 N–H and O–H groups in total. The van der Waals surface area contributed by atoms with Crippen molar-refractivity contribution in [2.75, 3.05) is 18.0 Å². The summed E-state index contributed by atoms with van der Waals surface area (Å²) in [5.74, 6) is 1.80. The Labute approximate surface area is 211 Å². The molecule has 1 amide bonds. The predicted octanol–water partition coefficient (Wildman–Crippen LogP) is 5.19. The zero-order valence-corrected chi connectivity index (χ0v) is 20.3. The van der Waals surface area contributed by atoms with Gasteiger partial charge in [0.15, 0.2) is 0 Å². The standard InChI is InChI=1S/C27H26F3N5O2/c1-2-24(36)31-21-13-14-35(16-21)23-11-7-18-15-19(6-10-22(18)32-23)26-33-25(37-34-26)12-5-17-3-8-20(9-4-17)27(28,29)30/h3-4,6-11,15,21H,2,5,12-14,16H2,1H3,(H,31,36). The number of amides is 1. The van der Waals surface area contributed by atoms with E-state index in [-0.39, 0.29) is 11.9 Å². The molecule has 2 aromatic carbocycles. The molecule has 0 aliphatic carbocycles. The molecule has 2 aromatic heterocycles. The first kappa shape index (κ1) is 24.7. The number of aromatic nitrogens is 3. The van der Waals surface area contributed by atoms with E-state index >= 15 is 0 Å². The number of nitrogens with zero attached hydrogens (tertiary/aromatic N) is 4. The van der Waals surface area contributed by atoms with Crippen LogP contribution in [0.3, 0.4) is 0 Å². The van der Waals surface area contributed by atoms with Gasteiger partial charge in [0.1, 0.15) is 5.82 Å². The maximum atomic E-state index is 12.7. The Bertz CT molecular complexity index is 1400. The lowest BCUT2D eigenvalue weighted by atomic mass is 10.1. The van der Waals surface area contributed by atoms with Gasteiger partial charge in [0, 0.05) is 42.9 Å². The second-order valence-electron chi connectivity index (χ2n) is 9.14. The van der Waals surface area contributed by atoms with Gasteiger partial charge in [-0.25, -0.2) is 4.98 Å². The average molecular weight is 510 g/mol. The highest BCUT2D eigenvalue weighted by molar-refractivity contribution is 5.84. The number of carbonyl (C=O) groups excluding carboxylic acids is 1. The van der Waals surface area contributed by atoms with Crippen LogP contribution in [0.1, 0.15) is 36.8 Å². The Balaban J connectivity index is 1.23. The number of anilines is 1. The monoisotopic (exact) mass is 509 g/mol. The summed E-state index contributed by atoms with van der Waals surface area (Å²) in [5.41, 5.74) is 1.72. The first-order valence-electron chi connectivity index (χ1n) is 12.2. The van der Waals surface area contributed by atoms with E-state index < -0.39 is 11.7 Å². The molecule has 37 heavy (non-hydrogen) atoms. The zero-order valence-electron chi connectivity index (χ0n) is 20.3. The van der Waals surface area contributed by atoms with Gasteiger partial charge in [-0.2, -0.15) is 18.2 Å². The van der Waals surface area contributed by atoms with Gasteiger partial charge in [-0.05, 0) is 60.9 Å². The number of rotatable bonds is 7. The molecule has 1 saturated heterocycles. The van der Waals surface area contributed by atoms with Crippen molar-refractivity contribution in [1.29, 1.82) is 0 Å². The lowest BCUT2D eigenvalue weighted by Crippen LogP contribution is -2.36. The van der Waals surface area contributed by atoms with E-state index in [4.69, 9.17) is 9.51 Å². The van der Waals surface area contributed by atoms with E-state index in [1.165, 1.54) is 12.1 Å². The number of pyridine rings is 1. The third-order valence-corrected chi connectivity index (χ3v) is 6.51. The number of hydrogen-bond acceptors (Lipinski definition) is 6. The second-order valence-corrected chi connectivity index (χ2v) is 9.14. The third kappa shape index (κ3) is 5.73. The molecule has 7 nitrogen and oxygen atoms in total. The molecule has 1 atom stereocenters. The minimum absolute atomic E-state index is 0.0649. The van der Waals surface area contributed by atoms with Crippen LogP contribution in [0.15, 0.2) is 59.1 Å². The van der Waals surface area contributed by atoms with Crippen LogP contribution in [0.4, 0.5) is 19.0 Å². The number of halogens is 3. The molecule has 0 bridgehead atoms. The van der Waals surface area contributed by atoms with Crippen LogP contribution in [-0.4, -0.2) is 40.2 Å². The smallest absolute Gasteiger partial charge is 0.354 e. The van der Waals surface area contributed by atoms with Crippen molar-refractivity contribution in [2.24, 2.45) is 0 Å². The number of fused-ring (bicyclic) bond motifs is 1. The maximum Gasteiger partial charge on any atom is 0.416 e. The highest BCUT2D eigenvalue weighted by Gasteiger charge is 2.30. The van der Waals surface area contributed by atoms with Crippen molar-refractivity contribution in [3.8, 4) is 11.4 Å². The van der Waals surface area contributed by atoms with E-state index in [1.807, 2.05) is 37.3 Å². The summed E-state index contributed by atoms with van der Waals surface area (Å²) in [7, 11) is 0. The third-order valence-electron chi connectivity index (χ3n) is 6.51. The summed E-state index contributed by atoms with van der Waals surface area (Å²) < 4.78 is 43.6. The van der Waals surface area contributed by atoms with Gasteiger partial charge >= 0.3 is 6.18 Å². The summed E-state index contributed by atoms with van der Waals surface area (Å²) in [6.07, 6.45) is -2.06. The van der Waals surface area contributed by atoms with Crippen molar-refractivity contribution in [2.45, 2.75) is 44.8 Å². The Morgan fingerprint density at radius 1 is 1.08 bits per heavy atom. The first-order chi connectivity index (χ1) is 17.8. The molecule has 0 saturated carbocycles. The van der Waals surface area contributed by atoms with Gasteiger partial charge < -0.3 is 14.7 Å². The fourth-order valence-corrected chi connectivity index (χ4v) is 4.43. The van der Waals surface area contributed by atoms with Crippen LogP contribution >= 0.6 is 0 Å². The minimum Gasteiger partial charge on any atom is -0.354 e. The van der Waals surface area contributed by atoms with E-state index in [2.05, 4.69) is 20.4 Å². The quantitative estimate of drug-likeness (QED) is 0.369. The number of hydrogen-bond donors (Lipinski definition) is 1. The predicted molar refractivity (Wildman–Crippen MR) is 133 cm³/mol. The minimum atomic E-state index is -4.35. The Kier molecular flexibility index (Phi) is 6.82. The number of carbonyl (C=O) groups is 1. The highest BCUT2D eigenvalue weighted by Crippen LogP contribution is 2.29. The van der Waals surface area contributed by atoms with E-state index in [9.17, 15) is 18.0 Å². The van der Waals surface area contributed by atoms with Crippen molar-refractivity contribution < 1.29 is 22.5 Å². The number of alkyl halides is 3. The Hall–Kier alpha value is -3.95. The van der Waals surface area contributed by atoms with Gasteiger partial charge in [-0.1, -0.05) is 24.2 Å². The van der Waals surface area contributed by atoms with Crippen LogP contribution in [0.2, 0.25) is 0 Å². The summed E-state index contributed by atoms with van der Waals surface area (Å²) >= 11 is 0. The largest absolute Gasteiger partial charge is 0.416 e. The molecule has 192 valence electrons. The van der Waals surface area contributed by atoms with Crippen molar-refractivity contribution >= 4 is 22.6 Å². The second kappa shape index (κ2) is 10.2. The molecule has 1 aliphatic rings. The molecule has 5 rings (SSSR count). The fourth-order valence-electron chi connectivity index (χ4n) is 4.43. The average Bonchev–Trinajstić information content (AvgIpc) is 3.56. The lowest BCUT2D eigenvalue weighted by molar-refractivity contribution is -0.137. The summed E-state index contributed by atoms with van der Waals surface area (Å²) in [4.78, 5) is 23.1. The van der Waals surface area contributed by atoms with E-state index in [1.54, 1.807) is 0 Å². The number of benzene rings is 2. The molecule has 10 heteroatoms. The normalized spacial score (nSPS) is 15.9. The molecule has 1 aliphatic heterocycles. The lowest BCUT2D eigenvalue weighted by Gasteiger charge is -2.18. The maximum absolute atomic E-state index is 12.7. The molecule has 1 fully saturated rings. The highest BCUT2D eigenvalue weighted by atomic mass is 19.4. The molecule has 0 spiro atoms. The zero-order chi connectivity index (χ0) is 26.0. The number of aryl methyl sites for hydroxylation is 2. The summed E-state index contributed by atoms with van der Waals surface area (Å²) in [5, 5.41) is 8.06. The molecular weight excluding hydrogens is 483 g/mol. The Morgan fingerprint density at radius 2 is 1.89 bits per heavy atom. The summed E-state index contributed by atoms with van der Waals surface area (Å²) in [6, 6.07) is 15.0. The van der Waals surface area contributed by atoms with Crippen LogP contribution in [0, 0.1) is 0 Å². The fraction of sp³-hybridized carbons (Fsp3) is 0.333. The van der Waals surface area contributed by atoms with Gasteiger partial charge in [-0.15, -0.1) is 0 Å². The van der Waals surface area contributed by atoms with Crippen LogP contribution in [-0.2, 0) is 23.8 Å². The van der Waals surface area contributed by atoms with Crippen molar-refractivity contribution in [3.05, 3.63) is 71.6 Å². The first-order valence-corrected chi connectivity index (χ1v) is 12.2. The van der Waals surface area contributed by atoms with Crippen LogP contribution in [0.5, 0.6) is 0 Å². The summed E-state index contributed by atoms with van der Waals surface area (Å²) in [6.45, 7) is 3.42. The molecular formula is C27H26F3N5O2. The van der Waals surface area contributed by atoms with Crippen LogP contribution in [0.25, 0.3) is 22.3 Å². The molecule has 3 heterocycles.